The Morgan fingerprint density at radius 3 is 2.69 bits per heavy atom. The first-order valence-electron chi connectivity index (χ1n) is 4.92. The molecule has 0 aliphatic carbocycles. The van der Waals surface area contributed by atoms with E-state index in [1.54, 1.807) is 6.92 Å². The average molecular weight is 245 g/mol. The van der Waals surface area contributed by atoms with Crippen molar-refractivity contribution in [2.75, 3.05) is 6.54 Å². The fourth-order valence-electron chi connectivity index (χ4n) is 1.56. The van der Waals surface area contributed by atoms with Crippen molar-refractivity contribution in [2.24, 2.45) is 5.73 Å². The van der Waals surface area contributed by atoms with Gasteiger partial charge < -0.3 is 11.1 Å². The van der Waals surface area contributed by atoms with Gasteiger partial charge in [-0.2, -0.15) is 0 Å². The quantitative estimate of drug-likeness (QED) is 0.849. The van der Waals surface area contributed by atoms with Gasteiger partial charge in [-0.15, -0.1) is 0 Å². The van der Waals surface area contributed by atoms with Gasteiger partial charge in [0, 0.05) is 10.6 Å². The summed E-state index contributed by atoms with van der Waals surface area (Å²) in [7, 11) is 0. The van der Waals surface area contributed by atoms with Gasteiger partial charge in [0.1, 0.15) is 11.4 Å². The molecule has 3 N–H and O–H groups in total. The maximum atomic E-state index is 12.9. The van der Waals surface area contributed by atoms with E-state index in [9.17, 15) is 9.18 Å². The Kier molecular flexibility index (Phi) is 3.88. The molecular weight excluding hydrogens is 231 g/mol. The first kappa shape index (κ1) is 12.9. The summed E-state index contributed by atoms with van der Waals surface area (Å²) in [5, 5.41) is 3.14. The van der Waals surface area contributed by atoms with Crippen molar-refractivity contribution in [3.05, 3.63) is 34.6 Å². The standard InChI is InChI=1S/C11H14ClFN2O/c1-3-15-11(2,10(14)16)8-5-4-7(13)6-9(8)12/h4-6,15H,3H2,1-2H3,(H2,14,16). The van der Waals surface area contributed by atoms with E-state index in [1.807, 2.05) is 6.92 Å². The molecular formula is C11H14ClFN2O. The molecule has 1 aromatic rings. The predicted octanol–water partition coefficient (Wildman–Crippen LogP) is 1.79. The highest BCUT2D eigenvalue weighted by atomic mass is 35.5. The van der Waals surface area contributed by atoms with Crippen molar-refractivity contribution < 1.29 is 9.18 Å². The largest absolute Gasteiger partial charge is 0.368 e. The molecule has 0 saturated heterocycles. The number of amides is 1. The molecule has 0 spiro atoms. The maximum absolute atomic E-state index is 12.9. The van der Waals surface area contributed by atoms with Crippen molar-refractivity contribution in [1.82, 2.24) is 5.32 Å². The Bertz CT molecular complexity index is 411. The first-order valence-corrected chi connectivity index (χ1v) is 5.30. The van der Waals surface area contributed by atoms with Gasteiger partial charge >= 0.3 is 0 Å². The van der Waals surface area contributed by atoms with E-state index in [2.05, 4.69) is 5.32 Å². The SMILES string of the molecule is CCNC(C)(C(N)=O)c1ccc(F)cc1Cl. The Labute approximate surface area is 98.8 Å². The van der Waals surface area contributed by atoms with Crippen LogP contribution in [0.4, 0.5) is 4.39 Å². The number of carbonyl (C=O) groups is 1. The van der Waals surface area contributed by atoms with Crippen LogP contribution in [-0.4, -0.2) is 12.5 Å². The summed E-state index contributed by atoms with van der Waals surface area (Å²) in [4.78, 5) is 11.5. The van der Waals surface area contributed by atoms with Crippen LogP contribution < -0.4 is 11.1 Å². The van der Waals surface area contributed by atoms with Gasteiger partial charge in [-0.3, -0.25) is 4.79 Å². The molecule has 0 heterocycles. The maximum Gasteiger partial charge on any atom is 0.242 e. The lowest BCUT2D eigenvalue weighted by atomic mass is 9.91. The second-order valence-corrected chi connectivity index (χ2v) is 4.05. The Morgan fingerprint density at radius 1 is 1.62 bits per heavy atom. The van der Waals surface area contributed by atoms with Gasteiger partial charge in [-0.05, 0) is 25.6 Å². The molecule has 1 unspecified atom stereocenters. The normalized spacial score (nSPS) is 14.5. The minimum Gasteiger partial charge on any atom is -0.368 e. The number of nitrogens with two attached hydrogens (primary N) is 1. The summed E-state index contributed by atoms with van der Waals surface area (Å²) in [6, 6.07) is 3.88. The molecule has 88 valence electrons. The molecule has 1 amide bonds. The number of carbonyl (C=O) groups excluding carboxylic acids is 1. The predicted molar refractivity (Wildman–Crippen MR) is 61.6 cm³/mol. The third-order valence-electron chi connectivity index (χ3n) is 2.49. The van der Waals surface area contributed by atoms with Crippen LogP contribution in [0.1, 0.15) is 19.4 Å². The number of primary amides is 1. The van der Waals surface area contributed by atoms with Crippen molar-refractivity contribution in [2.45, 2.75) is 19.4 Å². The van der Waals surface area contributed by atoms with Crippen LogP contribution in [-0.2, 0) is 10.3 Å². The molecule has 1 rings (SSSR count). The topological polar surface area (TPSA) is 55.1 Å². The number of hydrogen-bond donors (Lipinski definition) is 2. The number of nitrogens with one attached hydrogen (secondary N) is 1. The van der Waals surface area contributed by atoms with Crippen LogP contribution in [0.3, 0.4) is 0 Å². The Morgan fingerprint density at radius 2 is 2.25 bits per heavy atom. The molecule has 1 atom stereocenters. The molecule has 0 aliphatic heterocycles. The molecule has 16 heavy (non-hydrogen) atoms. The zero-order valence-corrected chi connectivity index (χ0v) is 9.94. The van der Waals surface area contributed by atoms with Crippen LogP contribution >= 0.6 is 11.6 Å². The highest BCUT2D eigenvalue weighted by molar-refractivity contribution is 6.31. The summed E-state index contributed by atoms with van der Waals surface area (Å²) in [6.07, 6.45) is 0. The molecule has 5 heteroatoms. The highest BCUT2D eigenvalue weighted by Gasteiger charge is 2.34. The summed E-state index contributed by atoms with van der Waals surface area (Å²) < 4.78 is 12.9. The molecule has 0 radical (unpaired) electrons. The Balaban J connectivity index is 3.26. The fourth-order valence-corrected chi connectivity index (χ4v) is 1.92. The highest BCUT2D eigenvalue weighted by Crippen LogP contribution is 2.28. The van der Waals surface area contributed by atoms with Crippen LogP contribution in [0.5, 0.6) is 0 Å². The van der Waals surface area contributed by atoms with Crippen LogP contribution in [0, 0.1) is 5.82 Å². The Hall–Kier alpha value is -1.13. The minimum atomic E-state index is -1.08. The van der Waals surface area contributed by atoms with Crippen molar-refractivity contribution >= 4 is 17.5 Å². The fraction of sp³-hybridized carbons (Fsp3) is 0.364. The van der Waals surface area contributed by atoms with Gasteiger partial charge in [0.15, 0.2) is 0 Å². The van der Waals surface area contributed by atoms with E-state index < -0.39 is 17.3 Å². The molecule has 0 bridgehead atoms. The zero-order valence-electron chi connectivity index (χ0n) is 9.18. The lowest BCUT2D eigenvalue weighted by Gasteiger charge is -2.28. The van der Waals surface area contributed by atoms with Gasteiger partial charge in [0.25, 0.3) is 0 Å². The number of halogens is 2. The molecule has 3 nitrogen and oxygen atoms in total. The van der Waals surface area contributed by atoms with Gasteiger partial charge in [-0.25, -0.2) is 4.39 Å². The first-order chi connectivity index (χ1) is 7.41. The van der Waals surface area contributed by atoms with Crippen molar-refractivity contribution in [3.8, 4) is 0 Å². The number of hydrogen-bond acceptors (Lipinski definition) is 2. The smallest absolute Gasteiger partial charge is 0.242 e. The van der Waals surface area contributed by atoms with Crippen molar-refractivity contribution in [3.63, 3.8) is 0 Å². The van der Waals surface area contributed by atoms with E-state index in [0.29, 0.717) is 12.1 Å². The lowest BCUT2D eigenvalue weighted by Crippen LogP contribution is -2.50. The van der Waals surface area contributed by atoms with E-state index in [4.69, 9.17) is 17.3 Å². The molecule has 0 aromatic heterocycles. The van der Waals surface area contributed by atoms with E-state index in [-0.39, 0.29) is 5.02 Å². The van der Waals surface area contributed by atoms with Gasteiger partial charge in [-0.1, -0.05) is 24.6 Å². The third-order valence-corrected chi connectivity index (χ3v) is 2.81. The van der Waals surface area contributed by atoms with Gasteiger partial charge in [0.05, 0.1) is 0 Å². The molecule has 1 aromatic carbocycles. The lowest BCUT2D eigenvalue weighted by molar-refractivity contribution is -0.124. The zero-order chi connectivity index (χ0) is 12.3. The molecule has 0 aliphatic rings. The monoisotopic (exact) mass is 244 g/mol. The molecule has 0 saturated carbocycles. The van der Waals surface area contributed by atoms with E-state index in [0.717, 1.165) is 6.07 Å². The number of likely N-dealkylation sites (N-methyl/N-ethyl adjacent to an activating group) is 1. The third kappa shape index (κ3) is 2.33. The minimum absolute atomic E-state index is 0.183. The summed E-state index contributed by atoms with van der Waals surface area (Å²) in [6.45, 7) is 4.02. The average Bonchev–Trinajstić information content (AvgIpc) is 2.17. The van der Waals surface area contributed by atoms with Crippen LogP contribution in [0.25, 0.3) is 0 Å². The summed E-state index contributed by atoms with van der Waals surface area (Å²) in [5.41, 5.74) is 4.74. The van der Waals surface area contributed by atoms with Crippen LogP contribution in [0.15, 0.2) is 18.2 Å². The summed E-state index contributed by atoms with van der Waals surface area (Å²) in [5.74, 6) is -1.00. The van der Waals surface area contributed by atoms with E-state index >= 15 is 0 Å². The second kappa shape index (κ2) is 4.80. The number of benzene rings is 1. The second-order valence-electron chi connectivity index (χ2n) is 3.64. The summed E-state index contributed by atoms with van der Waals surface area (Å²) >= 11 is 5.91. The van der Waals surface area contributed by atoms with Crippen molar-refractivity contribution in [1.29, 1.82) is 0 Å². The molecule has 0 fully saturated rings. The van der Waals surface area contributed by atoms with Gasteiger partial charge in [0.2, 0.25) is 5.91 Å². The van der Waals surface area contributed by atoms with E-state index in [1.165, 1.54) is 12.1 Å². The van der Waals surface area contributed by atoms with Crippen LogP contribution in [0.2, 0.25) is 5.02 Å². The number of rotatable bonds is 4.